The maximum atomic E-state index is 12.5. The number of H-pyrrole nitrogens is 1. The highest BCUT2D eigenvalue weighted by Crippen LogP contribution is 2.17. The molecule has 0 bridgehead atoms. The van der Waals surface area contributed by atoms with Gasteiger partial charge in [-0.3, -0.25) is 14.4 Å². The molecule has 1 aliphatic rings. The second-order valence-corrected chi connectivity index (χ2v) is 5.60. The van der Waals surface area contributed by atoms with Crippen LogP contribution in [0, 0.1) is 5.92 Å². The lowest BCUT2D eigenvalue weighted by atomic mass is 9.99. The van der Waals surface area contributed by atoms with Gasteiger partial charge in [0.05, 0.1) is 5.56 Å². The quantitative estimate of drug-likeness (QED) is 0.732. The standard InChI is InChI=1S/C14H20N4O3/c1-8(2)5-11-13(20)16-3-4-18(11)14(21)10-6-9(7-17-10)12(15)19/h6-8,11,17H,3-5H2,1-2H3,(H2,15,19)(H,16,20). The number of aromatic amines is 1. The van der Waals surface area contributed by atoms with Crippen LogP contribution < -0.4 is 11.1 Å². The highest BCUT2D eigenvalue weighted by atomic mass is 16.2. The Labute approximate surface area is 122 Å². The summed E-state index contributed by atoms with van der Waals surface area (Å²) in [4.78, 5) is 39.9. The van der Waals surface area contributed by atoms with Crippen molar-refractivity contribution in [3.05, 3.63) is 23.5 Å². The van der Waals surface area contributed by atoms with Crippen molar-refractivity contribution >= 4 is 17.7 Å². The lowest BCUT2D eigenvalue weighted by Gasteiger charge is -2.35. The van der Waals surface area contributed by atoms with Crippen molar-refractivity contribution in [3.63, 3.8) is 0 Å². The first-order valence-corrected chi connectivity index (χ1v) is 6.97. The van der Waals surface area contributed by atoms with E-state index in [-0.39, 0.29) is 23.1 Å². The predicted octanol–water partition coefficient (Wildman–Crippen LogP) is 0.100. The number of nitrogens with two attached hydrogens (primary N) is 1. The van der Waals surface area contributed by atoms with Crippen LogP contribution in [-0.2, 0) is 4.79 Å². The smallest absolute Gasteiger partial charge is 0.271 e. The van der Waals surface area contributed by atoms with Crippen LogP contribution in [0.2, 0.25) is 0 Å². The Morgan fingerprint density at radius 3 is 2.76 bits per heavy atom. The Balaban J connectivity index is 2.21. The summed E-state index contributed by atoms with van der Waals surface area (Å²) in [5.41, 5.74) is 5.69. The van der Waals surface area contributed by atoms with E-state index in [2.05, 4.69) is 10.3 Å². The maximum Gasteiger partial charge on any atom is 0.271 e. The molecule has 1 aliphatic heterocycles. The average molecular weight is 292 g/mol. The fourth-order valence-electron chi connectivity index (χ4n) is 2.45. The minimum Gasteiger partial charge on any atom is -0.366 e. The molecule has 0 aliphatic carbocycles. The first-order valence-electron chi connectivity index (χ1n) is 6.97. The lowest BCUT2D eigenvalue weighted by molar-refractivity contribution is -0.128. The molecule has 0 aromatic carbocycles. The summed E-state index contributed by atoms with van der Waals surface area (Å²) in [6.45, 7) is 4.89. The molecule has 1 fully saturated rings. The van der Waals surface area contributed by atoms with Crippen LogP contribution in [0.3, 0.4) is 0 Å². The van der Waals surface area contributed by atoms with E-state index < -0.39 is 11.9 Å². The fourth-order valence-corrected chi connectivity index (χ4v) is 2.45. The molecule has 1 aromatic rings. The molecular formula is C14H20N4O3. The van der Waals surface area contributed by atoms with Gasteiger partial charge in [0.2, 0.25) is 11.8 Å². The number of hydrogen-bond acceptors (Lipinski definition) is 3. The summed E-state index contributed by atoms with van der Waals surface area (Å²) in [6, 6.07) is 0.940. The zero-order chi connectivity index (χ0) is 15.6. The maximum absolute atomic E-state index is 12.5. The molecule has 1 unspecified atom stereocenters. The Morgan fingerprint density at radius 1 is 1.48 bits per heavy atom. The van der Waals surface area contributed by atoms with Gasteiger partial charge >= 0.3 is 0 Å². The van der Waals surface area contributed by atoms with E-state index in [1.54, 1.807) is 4.90 Å². The number of nitrogens with zero attached hydrogens (tertiary/aromatic N) is 1. The van der Waals surface area contributed by atoms with E-state index in [0.29, 0.717) is 25.4 Å². The summed E-state index contributed by atoms with van der Waals surface area (Å²) in [7, 11) is 0. The second kappa shape index (κ2) is 5.99. The SMILES string of the molecule is CC(C)CC1C(=O)NCCN1C(=O)c1cc(C(N)=O)c[nH]1. The highest BCUT2D eigenvalue weighted by Gasteiger charge is 2.34. The average Bonchev–Trinajstić information content (AvgIpc) is 2.89. The summed E-state index contributed by atoms with van der Waals surface area (Å²) < 4.78 is 0. The molecule has 7 nitrogen and oxygen atoms in total. The van der Waals surface area contributed by atoms with Crippen molar-refractivity contribution in [1.82, 2.24) is 15.2 Å². The molecule has 4 N–H and O–H groups in total. The van der Waals surface area contributed by atoms with E-state index in [0.717, 1.165) is 0 Å². The molecule has 7 heteroatoms. The van der Waals surface area contributed by atoms with E-state index in [1.807, 2.05) is 13.8 Å². The van der Waals surface area contributed by atoms with Gasteiger partial charge in [-0.1, -0.05) is 13.8 Å². The van der Waals surface area contributed by atoms with Gasteiger partial charge in [-0.2, -0.15) is 0 Å². The number of aromatic nitrogens is 1. The number of hydrogen-bond donors (Lipinski definition) is 3. The first kappa shape index (κ1) is 15.1. The van der Waals surface area contributed by atoms with Gasteiger partial charge in [-0.25, -0.2) is 0 Å². The van der Waals surface area contributed by atoms with Crippen LogP contribution in [0.5, 0.6) is 0 Å². The Kier molecular flexibility index (Phi) is 4.30. The number of amides is 3. The molecule has 0 spiro atoms. The van der Waals surface area contributed by atoms with E-state index in [1.165, 1.54) is 12.3 Å². The molecule has 1 aromatic heterocycles. The molecule has 1 saturated heterocycles. The molecule has 21 heavy (non-hydrogen) atoms. The van der Waals surface area contributed by atoms with Crippen LogP contribution >= 0.6 is 0 Å². The first-order chi connectivity index (χ1) is 9.90. The highest BCUT2D eigenvalue weighted by molar-refractivity contribution is 6.00. The molecule has 1 atom stereocenters. The number of carbonyl (C=O) groups excluding carboxylic acids is 3. The van der Waals surface area contributed by atoms with E-state index in [9.17, 15) is 14.4 Å². The van der Waals surface area contributed by atoms with Crippen molar-refractivity contribution in [3.8, 4) is 0 Å². The molecule has 114 valence electrons. The summed E-state index contributed by atoms with van der Waals surface area (Å²) >= 11 is 0. The van der Waals surface area contributed by atoms with Gasteiger partial charge in [0.1, 0.15) is 11.7 Å². The normalized spacial score (nSPS) is 18.7. The van der Waals surface area contributed by atoms with Gasteiger partial charge in [-0.05, 0) is 18.4 Å². The van der Waals surface area contributed by atoms with Crippen LogP contribution in [0.15, 0.2) is 12.3 Å². The molecule has 2 rings (SSSR count). The topological polar surface area (TPSA) is 108 Å². The predicted molar refractivity (Wildman–Crippen MR) is 76.6 cm³/mol. The Hall–Kier alpha value is -2.31. The number of nitrogens with one attached hydrogen (secondary N) is 2. The van der Waals surface area contributed by atoms with Gasteiger partial charge in [0, 0.05) is 19.3 Å². The third kappa shape index (κ3) is 3.24. The van der Waals surface area contributed by atoms with Gasteiger partial charge in [-0.15, -0.1) is 0 Å². The van der Waals surface area contributed by atoms with Crippen molar-refractivity contribution in [2.75, 3.05) is 13.1 Å². The molecule has 0 saturated carbocycles. The minimum atomic E-state index is -0.597. The van der Waals surface area contributed by atoms with Crippen molar-refractivity contribution in [1.29, 1.82) is 0 Å². The summed E-state index contributed by atoms with van der Waals surface area (Å²) in [5.74, 6) is -0.729. The van der Waals surface area contributed by atoms with Crippen molar-refractivity contribution < 1.29 is 14.4 Å². The second-order valence-electron chi connectivity index (χ2n) is 5.60. The van der Waals surface area contributed by atoms with Gasteiger partial charge < -0.3 is 20.9 Å². The number of primary amides is 1. The third-order valence-corrected chi connectivity index (χ3v) is 3.48. The zero-order valence-corrected chi connectivity index (χ0v) is 12.2. The van der Waals surface area contributed by atoms with E-state index in [4.69, 9.17) is 5.73 Å². The molecular weight excluding hydrogens is 272 g/mol. The van der Waals surface area contributed by atoms with Crippen LogP contribution in [0.4, 0.5) is 0 Å². The molecule has 0 radical (unpaired) electrons. The van der Waals surface area contributed by atoms with Crippen molar-refractivity contribution in [2.24, 2.45) is 11.7 Å². The lowest BCUT2D eigenvalue weighted by Crippen LogP contribution is -2.57. The van der Waals surface area contributed by atoms with Crippen LogP contribution in [0.1, 0.15) is 41.1 Å². The van der Waals surface area contributed by atoms with Crippen LogP contribution in [-0.4, -0.2) is 46.7 Å². The zero-order valence-electron chi connectivity index (χ0n) is 12.2. The van der Waals surface area contributed by atoms with E-state index >= 15 is 0 Å². The monoisotopic (exact) mass is 292 g/mol. The third-order valence-electron chi connectivity index (χ3n) is 3.48. The number of carbonyl (C=O) groups is 3. The molecule has 3 amide bonds. The Morgan fingerprint density at radius 2 is 2.19 bits per heavy atom. The number of piperazine rings is 1. The fraction of sp³-hybridized carbons (Fsp3) is 0.500. The summed E-state index contributed by atoms with van der Waals surface area (Å²) in [6.07, 6.45) is 2.00. The summed E-state index contributed by atoms with van der Waals surface area (Å²) in [5, 5.41) is 2.78. The van der Waals surface area contributed by atoms with Crippen molar-refractivity contribution in [2.45, 2.75) is 26.3 Å². The Bertz CT molecular complexity index is 564. The minimum absolute atomic E-state index is 0.134. The van der Waals surface area contributed by atoms with Crippen LogP contribution in [0.25, 0.3) is 0 Å². The number of rotatable bonds is 4. The van der Waals surface area contributed by atoms with Gasteiger partial charge in [0.25, 0.3) is 5.91 Å². The molecule has 2 heterocycles. The largest absolute Gasteiger partial charge is 0.366 e. The van der Waals surface area contributed by atoms with Gasteiger partial charge in [0.15, 0.2) is 0 Å².